The van der Waals surface area contributed by atoms with Gasteiger partial charge in [-0.05, 0) is 11.6 Å². The maximum atomic E-state index is 5.02. The van der Waals surface area contributed by atoms with Crippen LogP contribution in [0.25, 0.3) is 0 Å². The maximum absolute atomic E-state index is 5.02. The lowest BCUT2D eigenvalue weighted by Gasteiger charge is -2.10. The SMILES string of the molecule is COCCNCc1cnn(CC2CSc3ccccc32)c1. The van der Waals surface area contributed by atoms with E-state index in [1.807, 2.05) is 18.0 Å². The van der Waals surface area contributed by atoms with Gasteiger partial charge in [-0.25, -0.2) is 0 Å². The zero-order valence-corrected chi connectivity index (χ0v) is 13.1. The van der Waals surface area contributed by atoms with Crippen LogP contribution in [0.3, 0.4) is 0 Å². The molecule has 0 radical (unpaired) electrons. The monoisotopic (exact) mass is 303 g/mol. The number of rotatable bonds is 7. The Morgan fingerprint density at radius 2 is 2.33 bits per heavy atom. The average Bonchev–Trinajstić information content (AvgIpc) is 3.12. The van der Waals surface area contributed by atoms with Gasteiger partial charge in [0, 0.05) is 55.1 Å². The predicted octanol–water partition coefficient (Wildman–Crippen LogP) is 2.51. The van der Waals surface area contributed by atoms with Crippen LogP contribution in [-0.4, -0.2) is 35.8 Å². The molecule has 4 nitrogen and oxygen atoms in total. The van der Waals surface area contributed by atoms with E-state index in [0.29, 0.717) is 5.92 Å². The molecule has 5 heteroatoms. The largest absolute Gasteiger partial charge is 0.383 e. The van der Waals surface area contributed by atoms with Crippen molar-refractivity contribution in [1.29, 1.82) is 0 Å². The number of hydrogen-bond donors (Lipinski definition) is 1. The highest BCUT2D eigenvalue weighted by molar-refractivity contribution is 7.99. The fraction of sp³-hybridized carbons (Fsp3) is 0.438. The van der Waals surface area contributed by atoms with Crippen LogP contribution in [0.5, 0.6) is 0 Å². The molecule has 1 aromatic carbocycles. The Morgan fingerprint density at radius 3 is 3.24 bits per heavy atom. The predicted molar refractivity (Wildman–Crippen MR) is 85.7 cm³/mol. The Kier molecular flexibility index (Phi) is 4.95. The Labute approximate surface area is 129 Å². The van der Waals surface area contributed by atoms with E-state index in [4.69, 9.17) is 4.74 Å². The second-order valence-corrected chi connectivity index (χ2v) is 6.35. The molecule has 2 aromatic rings. The molecule has 1 aliphatic heterocycles. The number of fused-ring (bicyclic) bond motifs is 1. The van der Waals surface area contributed by atoms with Crippen molar-refractivity contribution in [1.82, 2.24) is 15.1 Å². The molecular formula is C16H21N3OS. The summed E-state index contributed by atoms with van der Waals surface area (Å²) in [5.74, 6) is 1.72. The van der Waals surface area contributed by atoms with Crippen molar-refractivity contribution >= 4 is 11.8 Å². The van der Waals surface area contributed by atoms with Crippen molar-refractivity contribution in [3.8, 4) is 0 Å². The lowest BCUT2D eigenvalue weighted by molar-refractivity contribution is 0.199. The van der Waals surface area contributed by atoms with E-state index >= 15 is 0 Å². The van der Waals surface area contributed by atoms with Crippen molar-refractivity contribution in [3.63, 3.8) is 0 Å². The van der Waals surface area contributed by atoms with E-state index in [-0.39, 0.29) is 0 Å². The molecule has 1 N–H and O–H groups in total. The Bertz CT molecular complexity index is 584. The Balaban J connectivity index is 1.56. The molecule has 112 valence electrons. The van der Waals surface area contributed by atoms with Gasteiger partial charge in [0.2, 0.25) is 0 Å². The van der Waals surface area contributed by atoms with E-state index in [2.05, 4.69) is 45.6 Å². The third kappa shape index (κ3) is 3.67. The topological polar surface area (TPSA) is 39.1 Å². The summed E-state index contributed by atoms with van der Waals surface area (Å²) in [6.45, 7) is 3.42. The minimum Gasteiger partial charge on any atom is -0.383 e. The van der Waals surface area contributed by atoms with Gasteiger partial charge in [0.05, 0.1) is 12.8 Å². The molecule has 0 saturated carbocycles. The van der Waals surface area contributed by atoms with Gasteiger partial charge in [0.1, 0.15) is 0 Å². The van der Waals surface area contributed by atoms with E-state index in [1.165, 1.54) is 16.0 Å². The highest BCUT2D eigenvalue weighted by Crippen LogP contribution is 2.39. The second kappa shape index (κ2) is 7.11. The van der Waals surface area contributed by atoms with E-state index in [1.54, 1.807) is 7.11 Å². The maximum Gasteiger partial charge on any atom is 0.0587 e. The zero-order chi connectivity index (χ0) is 14.5. The highest BCUT2D eigenvalue weighted by atomic mass is 32.2. The molecule has 0 saturated heterocycles. The number of nitrogens with one attached hydrogen (secondary N) is 1. The molecule has 3 rings (SSSR count). The van der Waals surface area contributed by atoms with E-state index in [9.17, 15) is 0 Å². The van der Waals surface area contributed by atoms with Crippen LogP contribution < -0.4 is 5.32 Å². The lowest BCUT2D eigenvalue weighted by atomic mass is 10.0. The van der Waals surface area contributed by atoms with Gasteiger partial charge in [-0.1, -0.05) is 18.2 Å². The highest BCUT2D eigenvalue weighted by Gasteiger charge is 2.23. The summed E-state index contributed by atoms with van der Waals surface area (Å²) in [6, 6.07) is 8.71. The van der Waals surface area contributed by atoms with Gasteiger partial charge in [-0.15, -0.1) is 11.8 Å². The Hall–Kier alpha value is -1.30. The van der Waals surface area contributed by atoms with Crippen LogP contribution in [0.2, 0.25) is 0 Å². The van der Waals surface area contributed by atoms with Gasteiger partial charge in [-0.2, -0.15) is 5.10 Å². The van der Waals surface area contributed by atoms with Crippen molar-refractivity contribution in [2.24, 2.45) is 0 Å². The number of hydrogen-bond acceptors (Lipinski definition) is 4. The third-order valence-electron chi connectivity index (χ3n) is 3.71. The molecule has 1 aliphatic rings. The van der Waals surface area contributed by atoms with Crippen molar-refractivity contribution in [3.05, 3.63) is 47.8 Å². The van der Waals surface area contributed by atoms with Crippen LogP contribution in [-0.2, 0) is 17.8 Å². The number of aromatic nitrogens is 2. The minimum absolute atomic E-state index is 0.570. The molecule has 0 amide bonds. The standard InChI is InChI=1S/C16H21N3OS/c1-20-7-6-17-8-13-9-18-19(10-13)11-14-12-21-16-5-3-2-4-15(14)16/h2-5,9-10,14,17H,6-8,11-12H2,1H3. The smallest absolute Gasteiger partial charge is 0.0587 e. The summed E-state index contributed by atoms with van der Waals surface area (Å²) in [6.07, 6.45) is 4.10. The molecule has 0 bridgehead atoms. The number of ether oxygens (including phenoxy) is 1. The van der Waals surface area contributed by atoms with Gasteiger partial charge in [-0.3, -0.25) is 4.68 Å². The van der Waals surface area contributed by atoms with Crippen LogP contribution >= 0.6 is 11.8 Å². The molecule has 2 heterocycles. The quantitative estimate of drug-likeness (QED) is 0.798. The van der Waals surface area contributed by atoms with Gasteiger partial charge in [0.15, 0.2) is 0 Å². The summed E-state index contributed by atoms with van der Waals surface area (Å²) in [5.41, 5.74) is 2.70. The molecule has 0 spiro atoms. The molecule has 0 fully saturated rings. The summed E-state index contributed by atoms with van der Waals surface area (Å²) in [5, 5.41) is 7.83. The number of benzene rings is 1. The van der Waals surface area contributed by atoms with E-state index < -0.39 is 0 Å². The van der Waals surface area contributed by atoms with Gasteiger partial charge >= 0.3 is 0 Å². The van der Waals surface area contributed by atoms with Gasteiger partial charge in [0.25, 0.3) is 0 Å². The van der Waals surface area contributed by atoms with E-state index in [0.717, 1.165) is 32.0 Å². The average molecular weight is 303 g/mol. The van der Waals surface area contributed by atoms with Crippen LogP contribution in [0.15, 0.2) is 41.6 Å². The summed E-state index contributed by atoms with van der Waals surface area (Å²) in [4.78, 5) is 1.43. The summed E-state index contributed by atoms with van der Waals surface area (Å²) in [7, 11) is 1.72. The molecule has 21 heavy (non-hydrogen) atoms. The Morgan fingerprint density at radius 1 is 1.43 bits per heavy atom. The van der Waals surface area contributed by atoms with Crippen LogP contribution in [0.1, 0.15) is 17.0 Å². The third-order valence-corrected chi connectivity index (χ3v) is 4.96. The fourth-order valence-corrected chi connectivity index (χ4v) is 3.85. The zero-order valence-electron chi connectivity index (χ0n) is 12.3. The molecule has 1 aromatic heterocycles. The number of methoxy groups -OCH3 is 1. The molecule has 1 atom stereocenters. The first-order valence-corrected chi connectivity index (χ1v) is 8.28. The molecule has 1 unspecified atom stereocenters. The number of thioether (sulfide) groups is 1. The minimum atomic E-state index is 0.570. The molecular weight excluding hydrogens is 282 g/mol. The first-order valence-electron chi connectivity index (χ1n) is 7.29. The van der Waals surface area contributed by atoms with Crippen molar-refractivity contribution < 1.29 is 4.74 Å². The first kappa shape index (κ1) is 14.6. The number of nitrogens with zero attached hydrogens (tertiary/aromatic N) is 2. The summed E-state index contributed by atoms with van der Waals surface area (Å²) < 4.78 is 7.09. The van der Waals surface area contributed by atoms with Crippen molar-refractivity contribution in [2.75, 3.05) is 26.0 Å². The van der Waals surface area contributed by atoms with Crippen LogP contribution in [0, 0.1) is 0 Å². The van der Waals surface area contributed by atoms with Crippen molar-refractivity contribution in [2.45, 2.75) is 23.9 Å². The molecule has 0 aliphatic carbocycles. The van der Waals surface area contributed by atoms with Gasteiger partial charge < -0.3 is 10.1 Å². The van der Waals surface area contributed by atoms with Crippen LogP contribution in [0.4, 0.5) is 0 Å². The fourth-order valence-electron chi connectivity index (χ4n) is 2.61. The normalized spacial score (nSPS) is 17.1. The first-order chi connectivity index (χ1) is 10.4. The lowest BCUT2D eigenvalue weighted by Crippen LogP contribution is -2.18. The second-order valence-electron chi connectivity index (χ2n) is 5.29. The summed E-state index contributed by atoms with van der Waals surface area (Å²) >= 11 is 1.95.